The van der Waals surface area contributed by atoms with Gasteiger partial charge in [-0.1, -0.05) is 69.3 Å². The van der Waals surface area contributed by atoms with Gasteiger partial charge >= 0.3 is 0 Å². The Kier molecular flexibility index (Phi) is 7.93. The van der Waals surface area contributed by atoms with Gasteiger partial charge in [0.1, 0.15) is 0 Å². The molecule has 4 aliphatic rings. The predicted octanol–water partition coefficient (Wildman–Crippen LogP) is 6.54. The molecule has 3 heterocycles. The maximum atomic E-state index is 4.51. The number of fused-ring (bicyclic) bond motifs is 2. The molecule has 3 unspecified atom stereocenters. The first kappa shape index (κ1) is 28.6. The summed E-state index contributed by atoms with van der Waals surface area (Å²) in [6, 6.07) is 7.38. The molecule has 2 N–H and O–H groups in total. The van der Waals surface area contributed by atoms with Crippen LogP contribution in [-0.2, 0) is 7.05 Å². The van der Waals surface area contributed by atoms with E-state index in [0.717, 1.165) is 56.8 Å². The van der Waals surface area contributed by atoms with Gasteiger partial charge in [0.25, 0.3) is 0 Å². The lowest BCUT2D eigenvalue weighted by Gasteiger charge is -2.44. The number of hydrogen-bond acceptors (Lipinski definition) is 5. The van der Waals surface area contributed by atoms with Gasteiger partial charge in [-0.25, -0.2) is 4.98 Å². The highest BCUT2D eigenvalue weighted by atomic mass is 15.3. The molecular formula is C36H48N6. The molecule has 2 aromatic rings. The van der Waals surface area contributed by atoms with Crippen molar-refractivity contribution in [2.75, 3.05) is 26.2 Å². The smallest absolute Gasteiger partial charge is 0.0946 e. The number of aromatic nitrogens is 2. The van der Waals surface area contributed by atoms with E-state index in [2.05, 4.69) is 114 Å². The summed E-state index contributed by atoms with van der Waals surface area (Å²) in [5.74, 6) is 0. The minimum atomic E-state index is -0.0627. The highest BCUT2D eigenvalue weighted by molar-refractivity contribution is 5.78. The molecule has 1 aromatic carbocycles. The fraction of sp³-hybridized carbons (Fsp3) is 0.472. The molecule has 1 aromatic heterocycles. The van der Waals surface area contributed by atoms with Crippen molar-refractivity contribution < 1.29 is 0 Å². The summed E-state index contributed by atoms with van der Waals surface area (Å²) < 4.78 is 2.13. The molecule has 0 radical (unpaired) electrons. The number of rotatable bonds is 10. The van der Waals surface area contributed by atoms with Gasteiger partial charge in [0, 0.05) is 44.6 Å². The number of nitrogens with one attached hydrogen (secondary N) is 2. The highest BCUT2D eigenvalue weighted by Crippen LogP contribution is 2.50. The summed E-state index contributed by atoms with van der Waals surface area (Å²) in [5.41, 5.74) is 10.6. The van der Waals surface area contributed by atoms with Crippen LogP contribution in [0.1, 0.15) is 80.4 Å². The van der Waals surface area contributed by atoms with Gasteiger partial charge in [0.15, 0.2) is 0 Å². The number of allylic oxidation sites excluding steroid dienone is 4. The van der Waals surface area contributed by atoms with Crippen molar-refractivity contribution >= 4 is 5.57 Å². The Labute approximate surface area is 252 Å². The van der Waals surface area contributed by atoms with E-state index in [4.69, 9.17) is 0 Å². The maximum Gasteiger partial charge on any atom is 0.0946 e. The van der Waals surface area contributed by atoms with Crippen molar-refractivity contribution in [3.8, 4) is 0 Å². The van der Waals surface area contributed by atoms with E-state index in [9.17, 15) is 0 Å². The minimum absolute atomic E-state index is 0.0627. The summed E-state index contributed by atoms with van der Waals surface area (Å²) in [6.45, 7) is 19.8. The molecule has 0 amide bonds. The quantitative estimate of drug-likeness (QED) is 0.343. The molecule has 2 aliphatic heterocycles. The number of benzene rings is 1. The number of hydrogen-bond donors (Lipinski definition) is 2. The predicted molar refractivity (Wildman–Crippen MR) is 173 cm³/mol. The van der Waals surface area contributed by atoms with Crippen LogP contribution in [0, 0.1) is 12.3 Å². The van der Waals surface area contributed by atoms with Crippen molar-refractivity contribution in [2.45, 2.75) is 71.0 Å². The number of nitrogens with zero attached hydrogens (tertiary/aromatic N) is 4. The molecule has 2 aliphatic carbocycles. The summed E-state index contributed by atoms with van der Waals surface area (Å²) in [5, 5.41) is 7.61. The first-order valence-corrected chi connectivity index (χ1v) is 15.8. The van der Waals surface area contributed by atoms with Crippen molar-refractivity contribution in [1.82, 2.24) is 30.0 Å². The van der Waals surface area contributed by atoms with Gasteiger partial charge in [0.05, 0.1) is 36.3 Å². The highest BCUT2D eigenvalue weighted by Gasteiger charge is 2.41. The normalized spacial score (nSPS) is 23.5. The van der Waals surface area contributed by atoms with Crippen LogP contribution < -0.4 is 10.6 Å². The average molecular weight is 565 g/mol. The lowest BCUT2D eigenvalue weighted by Crippen LogP contribution is -2.52. The molecule has 222 valence electrons. The van der Waals surface area contributed by atoms with Crippen molar-refractivity contribution in [2.24, 2.45) is 12.5 Å². The molecule has 42 heavy (non-hydrogen) atoms. The zero-order chi connectivity index (χ0) is 29.4. The van der Waals surface area contributed by atoms with Crippen LogP contribution in [0.3, 0.4) is 0 Å². The molecule has 0 spiro atoms. The lowest BCUT2D eigenvalue weighted by molar-refractivity contribution is 0.0996. The van der Waals surface area contributed by atoms with E-state index in [1.54, 1.807) is 0 Å². The Morgan fingerprint density at radius 3 is 2.67 bits per heavy atom. The zero-order valence-electron chi connectivity index (χ0n) is 26.0. The van der Waals surface area contributed by atoms with Gasteiger partial charge in [-0.05, 0) is 72.6 Å². The van der Waals surface area contributed by atoms with Crippen LogP contribution in [0.4, 0.5) is 0 Å². The Morgan fingerprint density at radius 2 is 1.98 bits per heavy atom. The second kappa shape index (κ2) is 11.6. The number of dihydropyridines is 1. The van der Waals surface area contributed by atoms with Crippen molar-refractivity contribution in [1.29, 1.82) is 0 Å². The van der Waals surface area contributed by atoms with Gasteiger partial charge in [-0.2, -0.15) is 0 Å². The van der Waals surface area contributed by atoms with E-state index < -0.39 is 0 Å². The molecule has 2 fully saturated rings. The molecule has 6 heteroatoms. The van der Waals surface area contributed by atoms with E-state index >= 15 is 0 Å². The second-order valence-electron chi connectivity index (χ2n) is 13.2. The fourth-order valence-electron chi connectivity index (χ4n) is 7.04. The van der Waals surface area contributed by atoms with Crippen molar-refractivity contribution in [3.63, 3.8) is 0 Å². The Hall–Kier alpha value is -3.51. The molecule has 3 atom stereocenters. The SMILES string of the molecule is C=C(CCC)NC(C1=CC2=CC=CNC2C(N2CCN(C(=C)CC3(C)CC3)CC2)c2ccc(C)cc21)c1cncn1C. The first-order valence-electron chi connectivity index (χ1n) is 15.8. The van der Waals surface area contributed by atoms with Crippen LogP contribution >= 0.6 is 0 Å². The number of aryl methyl sites for hydroxylation is 2. The minimum Gasteiger partial charge on any atom is -0.382 e. The Bertz CT molecular complexity index is 1430. The number of imidazole rings is 1. The molecule has 1 saturated heterocycles. The Morgan fingerprint density at radius 1 is 1.19 bits per heavy atom. The van der Waals surface area contributed by atoms with Crippen LogP contribution in [0.15, 0.2) is 85.3 Å². The van der Waals surface area contributed by atoms with Crippen molar-refractivity contribution in [3.05, 3.63) is 108 Å². The van der Waals surface area contributed by atoms with Crippen LogP contribution in [0.5, 0.6) is 0 Å². The van der Waals surface area contributed by atoms with Crippen LogP contribution in [0.25, 0.3) is 5.57 Å². The van der Waals surface area contributed by atoms with E-state index in [1.165, 1.54) is 46.4 Å². The third-order valence-corrected chi connectivity index (χ3v) is 9.75. The van der Waals surface area contributed by atoms with E-state index in [0.29, 0.717) is 5.41 Å². The topological polar surface area (TPSA) is 48.4 Å². The Balaban J connectivity index is 1.38. The summed E-state index contributed by atoms with van der Waals surface area (Å²) in [6.07, 6.45) is 18.7. The van der Waals surface area contributed by atoms with Gasteiger partial charge in [0.2, 0.25) is 0 Å². The van der Waals surface area contributed by atoms with E-state index in [-0.39, 0.29) is 18.1 Å². The summed E-state index contributed by atoms with van der Waals surface area (Å²) in [4.78, 5) is 9.77. The summed E-state index contributed by atoms with van der Waals surface area (Å²) in [7, 11) is 2.08. The van der Waals surface area contributed by atoms with Gasteiger partial charge in [-0.3, -0.25) is 4.90 Å². The standard InChI is InChI=1S/C36H48N6/c1-7-9-26(3)39-34(32-23-37-24-40(32)6)31-21-28-10-8-15-38-33(28)35(29-12-11-25(2)20-30(29)31)42-18-16-41(17-19-42)27(4)22-36(5)13-14-36/h8,10-12,15,20-21,23-24,33-35,38-39H,3-4,7,9,13-14,16-19,22H2,1-2,5-6H3. The molecule has 6 rings (SSSR count). The van der Waals surface area contributed by atoms with Crippen LogP contribution in [0.2, 0.25) is 0 Å². The fourth-order valence-corrected chi connectivity index (χ4v) is 7.04. The third-order valence-electron chi connectivity index (χ3n) is 9.75. The third kappa shape index (κ3) is 5.74. The van der Waals surface area contributed by atoms with Crippen LogP contribution in [-0.4, -0.2) is 51.6 Å². The monoisotopic (exact) mass is 564 g/mol. The average Bonchev–Trinajstić information content (AvgIpc) is 3.59. The molecule has 6 nitrogen and oxygen atoms in total. The van der Waals surface area contributed by atoms with Gasteiger partial charge in [-0.15, -0.1) is 0 Å². The first-order chi connectivity index (χ1) is 20.3. The number of piperazine rings is 1. The molecular weight excluding hydrogens is 516 g/mol. The second-order valence-corrected chi connectivity index (χ2v) is 13.2. The van der Waals surface area contributed by atoms with Gasteiger partial charge < -0.3 is 20.1 Å². The largest absolute Gasteiger partial charge is 0.382 e. The molecule has 1 saturated carbocycles. The molecule has 0 bridgehead atoms. The van der Waals surface area contributed by atoms with E-state index in [1.807, 2.05) is 12.5 Å². The zero-order valence-corrected chi connectivity index (χ0v) is 26.0. The lowest BCUT2D eigenvalue weighted by atomic mass is 9.87. The maximum absolute atomic E-state index is 4.51. The summed E-state index contributed by atoms with van der Waals surface area (Å²) >= 11 is 0.